The van der Waals surface area contributed by atoms with Crippen molar-refractivity contribution in [2.45, 2.75) is 27.1 Å². The van der Waals surface area contributed by atoms with Gasteiger partial charge in [0.15, 0.2) is 11.5 Å². The molecule has 0 aliphatic heterocycles. The number of carboxylic acids is 1. The Balaban J connectivity index is 1.13. The third-order valence-electron chi connectivity index (χ3n) is 6.59. The minimum absolute atomic E-state index is 0.0876. The van der Waals surface area contributed by atoms with E-state index in [4.69, 9.17) is 30.6 Å². The number of rotatable bonds is 11. The molecule has 0 aliphatic carbocycles. The van der Waals surface area contributed by atoms with Crippen LogP contribution < -0.4 is 14.9 Å². The molecule has 0 atom stereocenters. The van der Waals surface area contributed by atoms with Crippen LogP contribution in [0.2, 0.25) is 5.02 Å². The van der Waals surface area contributed by atoms with Gasteiger partial charge in [0.1, 0.15) is 24.7 Å². The van der Waals surface area contributed by atoms with Crippen molar-refractivity contribution < 1.29 is 28.6 Å². The molecule has 3 aromatic carbocycles. The molecule has 0 spiro atoms. The molecule has 2 N–H and O–H groups in total. The van der Waals surface area contributed by atoms with Gasteiger partial charge in [-0.05, 0) is 114 Å². The number of hydrazone groups is 1. The fourth-order valence-electron chi connectivity index (χ4n) is 4.46. The van der Waals surface area contributed by atoms with Crippen molar-refractivity contribution in [3.05, 3.63) is 134 Å². The summed E-state index contributed by atoms with van der Waals surface area (Å²) in [6, 6.07) is 24.9. The van der Waals surface area contributed by atoms with Crippen molar-refractivity contribution in [3.8, 4) is 17.2 Å². The second-order valence-corrected chi connectivity index (χ2v) is 11.1. The van der Waals surface area contributed by atoms with Crippen molar-refractivity contribution in [1.82, 2.24) is 9.99 Å². The van der Waals surface area contributed by atoms with Gasteiger partial charge < -0.3 is 23.6 Å². The number of ether oxygens (including phenoxy) is 2. The molecule has 0 aliphatic rings. The maximum absolute atomic E-state index is 12.5. The second-order valence-electron chi connectivity index (χ2n) is 9.81. The number of amides is 1. The van der Waals surface area contributed by atoms with Crippen LogP contribution in [-0.4, -0.2) is 27.8 Å². The molecule has 0 bridgehead atoms. The van der Waals surface area contributed by atoms with Gasteiger partial charge in [-0.15, -0.1) is 0 Å². The van der Waals surface area contributed by atoms with Gasteiger partial charge in [-0.3, -0.25) is 4.79 Å². The van der Waals surface area contributed by atoms with E-state index in [0.717, 1.165) is 17.1 Å². The zero-order valence-corrected chi connectivity index (χ0v) is 26.1. The lowest BCUT2D eigenvalue weighted by Gasteiger charge is -2.11. The third kappa shape index (κ3) is 7.39. The summed E-state index contributed by atoms with van der Waals surface area (Å²) in [5.74, 6) is 0.103. The van der Waals surface area contributed by atoms with Crippen LogP contribution in [0.4, 0.5) is 0 Å². The van der Waals surface area contributed by atoms with Gasteiger partial charge in [0, 0.05) is 17.1 Å². The number of benzene rings is 3. The van der Waals surface area contributed by atoms with Crippen LogP contribution in [0.15, 0.2) is 98.9 Å². The predicted octanol–water partition coefficient (Wildman–Crippen LogP) is 7.72. The van der Waals surface area contributed by atoms with E-state index in [2.05, 4.69) is 57.0 Å². The average molecular weight is 677 g/mol. The zero-order chi connectivity index (χ0) is 31.2. The second kappa shape index (κ2) is 13.7. The van der Waals surface area contributed by atoms with Crippen molar-refractivity contribution in [2.24, 2.45) is 5.10 Å². The monoisotopic (exact) mass is 675 g/mol. The normalized spacial score (nSPS) is 11.1. The molecule has 0 unspecified atom stereocenters. The molecule has 1 amide bonds. The molecule has 0 saturated carbocycles. The number of carboxylic acid groups (broad SMARTS) is 1. The van der Waals surface area contributed by atoms with E-state index in [9.17, 15) is 9.59 Å². The van der Waals surface area contributed by atoms with Gasteiger partial charge in [-0.1, -0.05) is 23.7 Å². The van der Waals surface area contributed by atoms with Gasteiger partial charge in [-0.2, -0.15) is 5.10 Å². The van der Waals surface area contributed by atoms with Crippen LogP contribution >= 0.6 is 27.5 Å². The lowest BCUT2D eigenvalue weighted by Crippen LogP contribution is -2.16. The highest BCUT2D eigenvalue weighted by Gasteiger charge is 2.13. The van der Waals surface area contributed by atoms with Crippen LogP contribution in [0.3, 0.4) is 0 Å². The average Bonchev–Trinajstić information content (AvgIpc) is 3.62. The van der Waals surface area contributed by atoms with Gasteiger partial charge in [0.05, 0.1) is 21.3 Å². The summed E-state index contributed by atoms with van der Waals surface area (Å²) in [5.41, 5.74) is 7.24. The summed E-state index contributed by atoms with van der Waals surface area (Å²) in [4.78, 5) is 23.7. The highest BCUT2D eigenvalue weighted by molar-refractivity contribution is 9.10. The highest BCUT2D eigenvalue weighted by Crippen LogP contribution is 2.35. The molecule has 2 heterocycles. The summed E-state index contributed by atoms with van der Waals surface area (Å²) >= 11 is 9.85. The van der Waals surface area contributed by atoms with E-state index in [1.165, 1.54) is 18.3 Å². The van der Waals surface area contributed by atoms with Crippen LogP contribution in [0.5, 0.6) is 11.5 Å². The van der Waals surface area contributed by atoms with Crippen LogP contribution in [-0.2, 0) is 13.2 Å². The summed E-state index contributed by atoms with van der Waals surface area (Å²) in [7, 11) is 0. The first-order valence-corrected chi connectivity index (χ1v) is 14.6. The number of hydrogen-bond donors (Lipinski definition) is 2. The number of furan rings is 1. The molecular weight excluding hydrogens is 650 g/mol. The maximum atomic E-state index is 12.5. The highest BCUT2D eigenvalue weighted by atomic mass is 79.9. The number of halogens is 2. The fourth-order valence-corrected chi connectivity index (χ4v) is 5.45. The van der Waals surface area contributed by atoms with Crippen molar-refractivity contribution in [3.63, 3.8) is 0 Å². The fraction of sp³-hybridized carbons (Fsp3) is 0.121. The predicted molar refractivity (Wildman–Crippen MR) is 170 cm³/mol. The lowest BCUT2D eigenvalue weighted by molar-refractivity contribution is 0.0696. The molecule has 2 aromatic heterocycles. The molecule has 0 fully saturated rings. The molecular formula is C33H27BrClN3O6. The first-order chi connectivity index (χ1) is 21.2. The van der Waals surface area contributed by atoms with Gasteiger partial charge in [0.25, 0.3) is 0 Å². The molecule has 5 aromatic rings. The Hall–Kier alpha value is -4.80. The number of hydrogen-bond acceptors (Lipinski definition) is 6. The molecule has 5 rings (SSSR count). The minimum atomic E-state index is -1.01. The van der Waals surface area contributed by atoms with Crippen molar-refractivity contribution in [2.75, 3.05) is 0 Å². The third-order valence-corrected chi connectivity index (χ3v) is 7.46. The number of carbonyl (C=O) groups is 2. The summed E-state index contributed by atoms with van der Waals surface area (Å²) in [6.07, 6.45) is 1.43. The largest absolute Gasteiger partial charge is 0.486 e. The Bertz CT molecular complexity index is 1800. The molecule has 44 heavy (non-hydrogen) atoms. The first kappa shape index (κ1) is 30.7. The zero-order valence-electron chi connectivity index (χ0n) is 23.7. The number of nitrogens with one attached hydrogen (secondary N) is 1. The summed E-state index contributed by atoms with van der Waals surface area (Å²) in [5, 5.41) is 13.5. The number of aromatic nitrogens is 1. The van der Waals surface area contributed by atoms with Crippen LogP contribution in [0.1, 0.15) is 49.2 Å². The minimum Gasteiger partial charge on any atom is -0.486 e. The quantitative estimate of drug-likeness (QED) is 0.109. The van der Waals surface area contributed by atoms with E-state index >= 15 is 0 Å². The van der Waals surface area contributed by atoms with E-state index < -0.39 is 11.9 Å². The van der Waals surface area contributed by atoms with E-state index in [-0.39, 0.29) is 24.5 Å². The van der Waals surface area contributed by atoms with Gasteiger partial charge >= 0.3 is 11.9 Å². The van der Waals surface area contributed by atoms with E-state index in [1.807, 2.05) is 24.3 Å². The van der Waals surface area contributed by atoms with Crippen molar-refractivity contribution >= 4 is 45.6 Å². The maximum Gasteiger partial charge on any atom is 0.335 e. The molecule has 0 saturated heterocycles. The Labute approximate surface area is 266 Å². The molecule has 11 heteroatoms. The SMILES string of the molecule is Cc1ccc(C)n1-c1ccc(OCc2ccc(C(=O)N/N=C/c3cc(Cl)c(OCc4cccc(C(=O)O)c4)c(Br)c3)o2)cc1. The molecule has 224 valence electrons. The molecule has 0 radical (unpaired) electrons. The Kier molecular flexibility index (Phi) is 9.52. The topological polar surface area (TPSA) is 115 Å². The number of aryl methyl sites for hydroxylation is 2. The Morgan fingerprint density at radius 2 is 1.73 bits per heavy atom. The first-order valence-electron chi connectivity index (χ1n) is 13.4. The smallest absolute Gasteiger partial charge is 0.335 e. The van der Waals surface area contributed by atoms with E-state index in [0.29, 0.717) is 37.9 Å². The number of nitrogens with zero attached hydrogens (tertiary/aromatic N) is 2. The van der Waals surface area contributed by atoms with Gasteiger partial charge in [-0.25, -0.2) is 10.2 Å². The van der Waals surface area contributed by atoms with Crippen LogP contribution in [0.25, 0.3) is 5.69 Å². The van der Waals surface area contributed by atoms with Gasteiger partial charge in [0.2, 0.25) is 0 Å². The number of carbonyl (C=O) groups excluding carboxylic acids is 1. The summed E-state index contributed by atoms with van der Waals surface area (Å²) in [6.45, 7) is 4.40. The van der Waals surface area contributed by atoms with E-state index in [1.54, 1.807) is 36.4 Å². The van der Waals surface area contributed by atoms with Crippen LogP contribution in [0, 0.1) is 13.8 Å². The standard InChI is InChI=1S/C33H27BrClN3O6/c1-20-6-7-21(2)38(20)25-8-10-26(11-9-25)42-19-27-12-13-30(44-27)32(39)37-36-17-23-15-28(34)31(29(35)16-23)43-18-22-4-3-5-24(14-22)33(40)41/h3-17H,18-19H2,1-2H3,(H,37,39)(H,40,41)/b36-17+. The Morgan fingerprint density at radius 1 is 0.977 bits per heavy atom. The lowest BCUT2D eigenvalue weighted by atomic mass is 10.1. The Morgan fingerprint density at radius 3 is 2.43 bits per heavy atom. The van der Waals surface area contributed by atoms with Crippen molar-refractivity contribution in [1.29, 1.82) is 0 Å². The number of aromatic carboxylic acids is 1. The molecule has 9 nitrogen and oxygen atoms in total. The summed E-state index contributed by atoms with van der Waals surface area (Å²) < 4.78 is 20.0.